The smallest absolute Gasteiger partial charge is 0.338 e. The van der Waals surface area contributed by atoms with Crippen molar-refractivity contribution in [3.05, 3.63) is 94.5 Å². The fraction of sp³-hybridized carbons (Fsp3) is 0.273. The van der Waals surface area contributed by atoms with Gasteiger partial charge < -0.3 is 20.1 Å². The summed E-state index contributed by atoms with van der Waals surface area (Å²) in [4.78, 5) is 78.1. The number of para-hydroxylation sites is 2. The van der Waals surface area contributed by atoms with E-state index in [2.05, 4.69) is 10.6 Å². The molecule has 0 saturated heterocycles. The Balaban J connectivity index is 1.42. The van der Waals surface area contributed by atoms with Crippen molar-refractivity contribution in [1.29, 1.82) is 0 Å². The molecule has 2 N–H and O–H groups in total. The van der Waals surface area contributed by atoms with Gasteiger partial charge in [-0.05, 0) is 67.6 Å². The topological polar surface area (TPSA) is 148 Å². The summed E-state index contributed by atoms with van der Waals surface area (Å²) in [7, 11) is 0. The molecule has 11 nitrogen and oxygen atoms in total. The summed E-state index contributed by atoms with van der Waals surface area (Å²) in [5, 5.41) is 5.32. The van der Waals surface area contributed by atoms with Gasteiger partial charge in [-0.2, -0.15) is 0 Å². The Hall–Kier alpha value is -5.32. The fourth-order valence-corrected chi connectivity index (χ4v) is 4.67. The first-order chi connectivity index (χ1) is 21.0. The summed E-state index contributed by atoms with van der Waals surface area (Å²) >= 11 is 0. The van der Waals surface area contributed by atoms with E-state index >= 15 is 0 Å². The second-order valence-electron chi connectivity index (χ2n) is 10.8. The number of benzene rings is 3. The quantitative estimate of drug-likeness (QED) is 0.245. The van der Waals surface area contributed by atoms with Gasteiger partial charge in [0.15, 0.2) is 13.2 Å². The maximum absolute atomic E-state index is 13.4. The molecule has 0 aromatic heterocycles. The van der Waals surface area contributed by atoms with Crippen molar-refractivity contribution >= 4 is 46.9 Å². The van der Waals surface area contributed by atoms with Crippen LogP contribution in [0.1, 0.15) is 62.5 Å². The van der Waals surface area contributed by atoms with Gasteiger partial charge in [0.2, 0.25) is 0 Å². The Bertz CT molecular complexity index is 1630. The number of nitrogens with zero attached hydrogens (tertiary/aromatic N) is 1. The number of carbonyl (C=O) groups is 6. The molecule has 0 spiro atoms. The minimum Gasteiger partial charge on any atom is -0.454 e. The number of amides is 4. The van der Waals surface area contributed by atoms with E-state index in [1.54, 1.807) is 24.3 Å². The number of aryl methyl sites for hydroxylation is 2. The van der Waals surface area contributed by atoms with E-state index in [-0.39, 0.29) is 29.0 Å². The van der Waals surface area contributed by atoms with Crippen molar-refractivity contribution in [3.63, 3.8) is 0 Å². The minimum atomic E-state index is -1.30. The molecule has 44 heavy (non-hydrogen) atoms. The van der Waals surface area contributed by atoms with E-state index in [1.807, 2.05) is 52.0 Å². The maximum Gasteiger partial charge on any atom is 0.338 e. The summed E-state index contributed by atoms with van der Waals surface area (Å²) in [6.45, 7) is 6.08. The lowest BCUT2D eigenvalue weighted by atomic mass is 10.0. The standard InChI is InChI=1S/C33H33N3O8/c1-19(2)15-27(33(42)44-18-29(38)35-26-12-8-6-10-21(26)4)36-30(39)23-14-13-22(16-24(23)31(36)40)32(41)43-17-28(37)34-25-11-7-5-9-20(25)3/h5-14,16,19,27H,15,17-18H2,1-4H3,(H,34,37)(H,35,38). The van der Waals surface area contributed by atoms with Crippen molar-refractivity contribution in [3.8, 4) is 0 Å². The highest BCUT2D eigenvalue weighted by Gasteiger charge is 2.44. The second kappa shape index (κ2) is 13.8. The summed E-state index contributed by atoms with van der Waals surface area (Å²) in [6, 6.07) is 16.7. The van der Waals surface area contributed by atoms with Crippen molar-refractivity contribution in [2.24, 2.45) is 5.92 Å². The lowest BCUT2D eigenvalue weighted by molar-refractivity contribution is -0.151. The highest BCUT2D eigenvalue weighted by Crippen LogP contribution is 2.29. The zero-order valence-corrected chi connectivity index (χ0v) is 24.8. The van der Waals surface area contributed by atoms with Crippen molar-refractivity contribution in [1.82, 2.24) is 4.90 Å². The van der Waals surface area contributed by atoms with Crippen LogP contribution in [0.4, 0.5) is 11.4 Å². The largest absolute Gasteiger partial charge is 0.454 e. The molecule has 3 aromatic rings. The number of anilines is 2. The van der Waals surface area contributed by atoms with Crippen LogP contribution in [-0.4, -0.2) is 59.7 Å². The van der Waals surface area contributed by atoms with Gasteiger partial charge in [-0.15, -0.1) is 0 Å². The number of esters is 2. The highest BCUT2D eigenvalue weighted by atomic mass is 16.5. The molecule has 0 radical (unpaired) electrons. The number of carbonyl (C=O) groups excluding carboxylic acids is 6. The number of rotatable bonds is 11. The molecule has 1 heterocycles. The Kier molecular flexibility index (Phi) is 9.89. The van der Waals surface area contributed by atoms with E-state index < -0.39 is 54.8 Å². The Labute approximate surface area is 254 Å². The summed E-state index contributed by atoms with van der Waals surface area (Å²) in [6.07, 6.45) is 0.0919. The van der Waals surface area contributed by atoms with E-state index in [4.69, 9.17) is 9.47 Å². The number of hydrogen-bond donors (Lipinski definition) is 2. The van der Waals surface area contributed by atoms with E-state index in [9.17, 15) is 28.8 Å². The van der Waals surface area contributed by atoms with Crippen LogP contribution in [0, 0.1) is 19.8 Å². The van der Waals surface area contributed by atoms with Crippen molar-refractivity contribution in [2.75, 3.05) is 23.8 Å². The van der Waals surface area contributed by atoms with Gasteiger partial charge in [-0.3, -0.25) is 24.1 Å². The molecule has 1 aliphatic rings. The molecule has 0 saturated carbocycles. The lowest BCUT2D eigenvalue weighted by Gasteiger charge is -2.25. The predicted molar refractivity (Wildman–Crippen MR) is 161 cm³/mol. The third kappa shape index (κ3) is 7.35. The average Bonchev–Trinajstić information content (AvgIpc) is 3.24. The molecular formula is C33H33N3O8. The third-order valence-electron chi connectivity index (χ3n) is 6.95. The number of hydrogen-bond acceptors (Lipinski definition) is 8. The van der Waals surface area contributed by atoms with Gasteiger partial charge in [0.05, 0.1) is 16.7 Å². The van der Waals surface area contributed by atoms with Crippen LogP contribution in [0.25, 0.3) is 0 Å². The van der Waals surface area contributed by atoms with Crippen LogP contribution >= 0.6 is 0 Å². The normalized spacial score (nSPS) is 12.9. The van der Waals surface area contributed by atoms with Crippen LogP contribution in [0.2, 0.25) is 0 Å². The summed E-state index contributed by atoms with van der Waals surface area (Å²) < 4.78 is 10.4. The molecule has 11 heteroatoms. The molecule has 4 rings (SSSR count). The maximum atomic E-state index is 13.4. The molecule has 0 fully saturated rings. The second-order valence-corrected chi connectivity index (χ2v) is 10.8. The predicted octanol–water partition coefficient (Wildman–Crippen LogP) is 4.29. The fourth-order valence-electron chi connectivity index (χ4n) is 4.67. The third-order valence-corrected chi connectivity index (χ3v) is 6.95. The van der Waals surface area contributed by atoms with Gasteiger partial charge >= 0.3 is 11.9 Å². The highest BCUT2D eigenvalue weighted by molar-refractivity contribution is 6.23. The molecule has 1 aliphatic heterocycles. The Morgan fingerprint density at radius 1 is 0.727 bits per heavy atom. The lowest BCUT2D eigenvalue weighted by Crippen LogP contribution is -2.46. The van der Waals surface area contributed by atoms with Crippen LogP contribution < -0.4 is 10.6 Å². The Morgan fingerprint density at radius 3 is 1.80 bits per heavy atom. The van der Waals surface area contributed by atoms with Gasteiger partial charge in [0.1, 0.15) is 6.04 Å². The zero-order valence-electron chi connectivity index (χ0n) is 24.8. The first kappa shape index (κ1) is 31.6. The molecule has 0 aliphatic carbocycles. The van der Waals surface area contributed by atoms with Gasteiger partial charge in [-0.25, -0.2) is 9.59 Å². The van der Waals surface area contributed by atoms with Gasteiger partial charge in [0.25, 0.3) is 23.6 Å². The van der Waals surface area contributed by atoms with Crippen molar-refractivity contribution < 1.29 is 38.2 Å². The molecule has 228 valence electrons. The van der Waals surface area contributed by atoms with Crippen molar-refractivity contribution in [2.45, 2.75) is 40.2 Å². The Morgan fingerprint density at radius 2 is 1.25 bits per heavy atom. The SMILES string of the molecule is Cc1ccccc1NC(=O)COC(=O)c1ccc2c(c1)C(=O)N(C(CC(C)C)C(=O)OCC(=O)Nc1ccccc1C)C2=O. The number of ether oxygens (including phenoxy) is 2. The first-order valence-electron chi connectivity index (χ1n) is 14.0. The van der Waals surface area contributed by atoms with E-state index in [0.717, 1.165) is 16.0 Å². The van der Waals surface area contributed by atoms with Crippen LogP contribution in [0.3, 0.4) is 0 Å². The number of fused-ring (bicyclic) bond motifs is 1. The van der Waals surface area contributed by atoms with Gasteiger partial charge in [-0.1, -0.05) is 50.2 Å². The monoisotopic (exact) mass is 599 g/mol. The molecular weight excluding hydrogens is 566 g/mol. The molecule has 0 bridgehead atoms. The van der Waals surface area contributed by atoms with E-state index in [1.165, 1.54) is 18.2 Å². The van der Waals surface area contributed by atoms with E-state index in [0.29, 0.717) is 11.4 Å². The number of imide groups is 1. The molecule has 1 unspecified atom stereocenters. The summed E-state index contributed by atoms with van der Waals surface area (Å²) in [5.74, 6) is -4.54. The molecule has 4 amide bonds. The first-order valence-corrected chi connectivity index (χ1v) is 14.0. The average molecular weight is 600 g/mol. The zero-order chi connectivity index (χ0) is 32.0. The molecule has 3 aromatic carbocycles. The molecule has 1 atom stereocenters. The van der Waals surface area contributed by atoms with Crippen LogP contribution in [0.5, 0.6) is 0 Å². The number of nitrogens with one attached hydrogen (secondary N) is 2. The summed E-state index contributed by atoms with van der Waals surface area (Å²) in [5.41, 5.74) is 2.67. The minimum absolute atomic E-state index is 0.00250. The van der Waals surface area contributed by atoms with Crippen LogP contribution in [0.15, 0.2) is 66.7 Å². The van der Waals surface area contributed by atoms with Gasteiger partial charge in [0, 0.05) is 11.4 Å². The van der Waals surface area contributed by atoms with Crippen LogP contribution in [-0.2, 0) is 23.9 Å².